The molecule has 0 aliphatic carbocycles. The van der Waals surface area contributed by atoms with Crippen LogP contribution in [0.5, 0.6) is 5.75 Å². The number of rotatable bonds is 7. The second kappa shape index (κ2) is 8.76. The van der Waals surface area contributed by atoms with Crippen LogP contribution < -0.4 is 10.1 Å². The van der Waals surface area contributed by atoms with Crippen LogP contribution >= 0.6 is 11.8 Å². The molecule has 2 amide bonds. The summed E-state index contributed by atoms with van der Waals surface area (Å²) in [7, 11) is 1.63. The number of benzene rings is 2. The normalized spacial score (nSPS) is 15.0. The Bertz CT molecular complexity index is 749. The molecule has 0 spiro atoms. The van der Waals surface area contributed by atoms with Crippen LogP contribution in [0.3, 0.4) is 0 Å². The summed E-state index contributed by atoms with van der Waals surface area (Å²) in [6, 6.07) is 17.3. The molecule has 1 fully saturated rings. The fourth-order valence-electron chi connectivity index (χ4n) is 2.90. The zero-order chi connectivity index (χ0) is 18.4. The second-order valence-electron chi connectivity index (χ2n) is 6.04. The number of methoxy groups -OCH3 is 1. The van der Waals surface area contributed by atoms with Crippen molar-refractivity contribution in [3.63, 3.8) is 0 Å². The van der Waals surface area contributed by atoms with E-state index in [-0.39, 0.29) is 17.2 Å². The topological polar surface area (TPSA) is 58.6 Å². The van der Waals surface area contributed by atoms with Crippen LogP contribution in [0, 0.1) is 0 Å². The summed E-state index contributed by atoms with van der Waals surface area (Å²) in [5.41, 5.74) is 2.00. The summed E-state index contributed by atoms with van der Waals surface area (Å²) in [6.45, 7) is 1.18. The number of thioether (sulfide) groups is 1. The number of carbonyl (C=O) groups is 2. The first-order valence-electron chi connectivity index (χ1n) is 8.57. The van der Waals surface area contributed by atoms with E-state index >= 15 is 0 Å². The summed E-state index contributed by atoms with van der Waals surface area (Å²) in [6.07, 6.45) is 0.297. The second-order valence-corrected chi connectivity index (χ2v) is 7.08. The van der Waals surface area contributed by atoms with E-state index in [0.29, 0.717) is 13.0 Å². The zero-order valence-electron chi connectivity index (χ0n) is 14.7. The lowest BCUT2D eigenvalue weighted by Crippen LogP contribution is -2.33. The predicted octanol–water partition coefficient (Wildman–Crippen LogP) is 3.46. The molecule has 1 aliphatic heterocycles. The highest BCUT2D eigenvalue weighted by molar-refractivity contribution is 8.13. The molecule has 0 bridgehead atoms. The van der Waals surface area contributed by atoms with E-state index in [4.69, 9.17) is 4.74 Å². The molecule has 2 aromatic carbocycles. The first-order chi connectivity index (χ1) is 12.7. The van der Waals surface area contributed by atoms with Gasteiger partial charge in [-0.2, -0.15) is 0 Å². The van der Waals surface area contributed by atoms with Gasteiger partial charge < -0.3 is 15.0 Å². The van der Waals surface area contributed by atoms with Gasteiger partial charge in [-0.25, -0.2) is 0 Å². The molecule has 2 aromatic rings. The Morgan fingerprint density at radius 3 is 2.46 bits per heavy atom. The lowest BCUT2D eigenvalue weighted by molar-refractivity contribution is -0.121. The van der Waals surface area contributed by atoms with E-state index in [2.05, 4.69) is 5.32 Å². The molecule has 26 heavy (non-hydrogen) atoms. The molecule has 0 radical (unpaired) electrons. The van der Waals surface area contributed by atoms with E-state index in [9.17, 15) is 9.59 Å². The minimum atomic E-state index is -0.238. The molecule has 0 saturated carbocycles. The molecule has 1 unspecified atom stereocenters. The third kappa shape index (κ3) is 4.58. The maximum atomic E-state index is 12.5. The van der Waals surface area contributed by atoms with Gasteiger partial charge in [0.15, 0.2) is 0 Å². The summed E-state index contributed by atoms with van der Waals surface area (Å²) in [4.78, 5) is 25.9. The molecule has 1 saturated heterocycles. The van der Waals surface area contributed by atoms with E-state index in [1.807, 2.05) is 54.6 Å². The van der Waals surface area contributed by atoms with Crippen LogP contribution in [0.1, 0.15) is 23.6 Å². The van der Waals surface area contributed by atoms with Crippen molar-refractivity contribution in [2.45, 2.75) is 12.5 Å². The molecular formula is C20H22N2O3S. The number of carbonyl (C=O) groups excluding carboxylic acids is 2. The van der Waals surface area contributed by atoms with Gasteiger partial charge in [0.05, 0.1) is 13.2 Å². The Kier molecular flexibility index (Phi) is 6.17. The van der Waals surface area contributed by atoms with Crippen LogP contribution in [0.2, 0.25) is 0 Å². The van der Waals surface area contributed by atoms with Gasteiger partial charge in [-0.15, -0.1) is 0 Å². The SMILES string of the molecule is COc1ccc(C(NC(=O)CCN2CCSC2=O)c2ccccc2)cc1. The van der Waals surface area contributed by atoms with E-state index in [0.717, 1.165) is 29.2 Å². The molecule has 6 heteroatoms. The lowest BCUT2D eigenvalue weighted by Gasteiger charge is -2.21. The van der Waals surface area contributed by atoms with Crippen molar-refractivity contribution in [2.24, 2.45) is 0 Å². The number of nitrogens with one attached hydrogen (secondary N) is 1. The number of hydrogen-bond donors (Lipinski definition) is 1. The first-order valence-corrected chi connectivity index (χ1v) is 9.56. The quantitative estimate of drug-likeness (QED) is 0.811. The third-order valence-electron chi connectivity index (χ3n) is 4.34. The average Bonchev–Trinajstić information content (AvgIpc) is 3.10. The minimum absolute atomic E-state index is 0.0626. The number of hydrogen-bond acceptors (Lipinski definition) is 4. The maximum Gasteiger partial charge on any atom is 0.281 e. The third-order valence-corrected chi connectivity index (χ3v) is 5.23. The minimum Gasteiger partial charge on any atom is -0.497 e. The monoisotopic (exact) mass is 370 g/mol. The highest BCUT2D eigenvalue weighted by Gasteiger charge is 2.22. The van der Waals surface area contributed by atoms with Crippen molar-refractivity contribution in [1.82, 2.24) is 10.2 Å². The van der Waals surface area contributed by atoms with Gasteiger partial charge in [0.2, 0.25) is 5.91 Å². The standard InChI is InChI=1S/C20H22N2O3S/c1-25-17-9-7-16(8-10-17)19(15-5-3-2-4-6-15)21-18(23)11-12-22-13-14-26-20(22)24/h2-10,19H,11-14H2,1H3,(H,21,23). The molecular weight excluding hydrogens is 348 g/mol. The molecule has 1 aliphatic rings. The average molecular weight is 370 g/mol. The van der Waals surface area contributed by atoms with E-state index < -0.39 is 0 Å². The predicted molar refractivity (Wildman–Crippen MR) is 103 cm³/mol. The lowest BCUT2D eigenvalue weighted by atomic mass is 9.98. The molecule has 1 N–H and O–H groups in total. The van der Waals surface area contributed by atoms with Crippen molar-refractivity contribution in [3.8, 4) is 5.75 Å². The Morgan fingerprint density at radius 1 is 1.15 bits per heavy atom. The van der Waals surface area contributed by atoms with Crippen LogP contribution in [0.25, 0.3) is 0 Å². The van der Waals surface area contributed by atoms with Crippen molar-refractivity contribution in [1.29, 1.82) is 0 Å². The van der Waals surface area contributed by atoms with Gasteiger partial charge in [0.1, 0.15) is 5.75 Å². The van der Waals surface area contributed by atoms with Gasteiger partial charge >= 0.3 is 0 Å². The van der Waals surface area contributed by atoms with Crippen LogP contribution in [-0.2, 0) is 4.79 Å². The molecule has 136 valence electrons. The zero-order valence-corrected chi connectivity index (χ0v) is 15.5. The molecule has 5 nitrogen and oxygen atoms in total. The van der Waals surface area contributed by atoms with Gasteiger partial charge in [-0.1, -0.05) is 54.2 Å². The highest BCUT2D eigenvalue weighted by atomic mass is 32.2. The van der Waals surface area contributed by atoms with Gasteiger partial charge in [-0.3, -0.25) is 9.59 Å². The van der Waals surface area contributed by atoms with Crippen LogP contribution in [-0.4, -0.2) is 42.0 Å². The summed E-state index contributed by atoms with van der Waals surface area (Å²) >= 11 is 1.31. The van der Waals surface area contributed by atoms with Crippen LogP contribution in [0.4, 0.5) is 4.79 Å². The number of ether oxygens (including phenoxy) is 1. The van der Waals surface area contributed by atoms with E-state index in [1.165, 1.54) is 11.8 Å². The van der Waals surface area contributed by atoms with Gasteiger partial charge in [0, 0.05) is 25.3 Å². The summed E-state index contributed by atoms with van der Waals surface area (Å²) in [5.74, 6) is 1.51. The van der Waals surface area contributed by atoms with Crippen molar-refractivity contribution in [2.75, 3.05) is 26.0 Å². The molecule has 3 rings (SSSR count). The largest absolute Gasteiger partial charge is 0.497 e. The fraction of sp³-hybridized carbons (Fsp3) is 0.300. The Balaban J connectivity index is 1.70. The van der Waals surface area contributed by atoms with E-state index in [1.54, 1.807) is 12.0 Å². The summed E-state index contributed by atoms with van der Waals surface area (Å²) < 4.78 is 5.21. The Labute approximate surface area is 157 Å². The number of nitrogens with zero attached hydrogens (tertiary/aromatic N) is 1. The Morgan fingerprint density at radius 2 is 1.85 bits per heavy atom. The molecule has 1 heterocycles. The van der Waals surface area contributed by atoms with Gasteiger partial charge in [-0.05, 0) is 23.3 Å². The highest BCUT2D eigenvalue weighted by Crippen LogP contribution is 2.24. The summed E-state index contributed by atoms with van der Waals surface area (Å²) in [5, 5.41) is 3.16. The number of amides is 2. The maximum absolute atomic E-state index is 12.5. The smallest absolute Gasteiger partial charge is 0.281 e. The van der Waals surface area contributed by atoms with Gasteiger partial charge in [0.25, 0.3) is 5.24 Å². The molecule has 1 atom stereocenters. The van der Waals surface area contributed by atoms with Crippen molar-refractivity contribution in [3.05, 3.63) is 65.7 Å². The Hall–Kier alpha value is -2.47. The van der Waals surface area contributed by atoms with Crippen molar-refractivity contribution >= 4 is 22.9 Å². The fourth-order valence-corrected chi connectivity index (χ4v) is 3.75. The van der Waals surface area contributed by atoms with Crippen LogP contribution in [0.15, 0.2) is 54.6 Å². The first kappa shape index (κ1) is 18.3. The molecule has 0 aromatic heterocycles. The van der Waals surface area contributed by atoms with Crippen molar-refractivity contribution < 1.29 is 14.3 Å².